The van der Waals surface area contributed by atoms with Crippen LogP contribution in [0.5, 0.6) is 34.5 Å². The lowest BCUT2D eigenvalue weighted by molar-refractivity contribution is -0.184. The van der Waals surface area contributed by atoms with Crippen LogP contribution in [-0.4, -0.2) is 58.5 Å². The van der Waals surface area contributed by atoms with Gasteiger partial charge in [-0.1, -0.05) is 36.4 Å². The molecule has 3 aromatic carbocycles. The third kappa shape index (κ3) is 6.18. The highest BCUT2D eigenvalue weighted by Crippen LogP contribution is 2.37. The fraction of sp³-hybridized carbons (Fsp3) is 0.321. The maximum Gasteiger partial charge on any atom is 0.305 e. The van der Waals surface area contributed by atoms with Crippen molar-refractivity contribution in [3.8, 4) is 34.5 Å². The van der Waals surface area contributed by atoms with Crippen LogP contribution in [0.25, 0.3) is 0 Å². The molecule has 0 radical (unpaired) electrons. The molecule has 0 aromatic heterocycles. The van der Waals surface area contributed by atoms with E-state index in [1.165, 1.54) is 6.92 Å². The third-order valence-electron chi connectivity index (χ3n) is 5.69. The first kappa shape index (κ1) is 26.0. The summed E-state index contributed by atoms with van der Waals surface area (Å²) in [6.07, 6.45) is -3.40. The van der Waals surface area contributed by atoms with Crippen molar-refractivity contribution in [3.05, 3.63) is 72.8 Å². The number of methoxy groups -OCH3 is 3. The highest BCUT2D eigenvalue weighted by atomic mass is 16.7. The first-order chi connectivity index (χ1) is 18.0. The maximum absolute atomic E-state index is 12.0. The van der Waals surface area contributed by atoms with Crippen LogP contribution in [0.2, 0.25) is 0 Å². The molecular weight excluding hydrogens is 480 g/mol. The molecule has 196 valence electrons. The Kier molecular flexibility index (Phi) is 8.58. The van der Waals surface area contributed by atoms with Crippen LogP contribution >= 0.6 is 0 Å². The van der Waals surface area contributed by atoms with Gasteiger partial charge in [0.1, 0.15) is 12.7 Å². The lowest BCUT2D eigenvalue weighted by Gasteiger charge is -2.26. The van der Waals surface area contributed by atoms with Crippen molar-refractivity contribution in [3.63, 3.8) is 0 Å². The van der Waals surface area contributed by atoms with Gasteiger partial charge in [-0.05, 0) is 36.4 Å². The fourth-order valence-electron chi connectivity index (χ4n) is 3.99. The SMILES string of the molecule is COc1ccccc1OC[C@H]1O[C@@H](OC(C)=O)[C@H](Oc2ccccc2OC)[C@@H]1Oc1ccccc1OC. The second kappa shape index (κ2) is 12.2. The summed E-state index contributed by atoms with van der Waals surface area (Å²) in [7, 11) is 4.67. The van der Waals surface area contributed by atoms with Gasteiger partial charge >= 0.3 is 5.97 Å². The van der Waals surface area contributed by atoms with Crippen molar-refractivity contribution in [2.45, 2.75) is 31.5 Å². The molecule has 9 nitrogen and oxygen atoms in total. The first-order valence-electron chi connectivity index (χ1n) is 11.7. The van der Waals surface area contributed by atoms with Gasteiger partial charge < -0.3 is 37.9 Å². The molecule has 9 heteroatoms. The van der Waals surface area contributed by atoms with E-state index in [9.17, 15) is 4.79 Å². The van der Waals surface area contributed by atoms with Crippen molar-refractivity contribution in [2.24, 2.45) is 0 Å². The van der Waals surface area contributed by atoms with Crippen LogP contribution in [0.15, 0.2) is 72.8 Å². The Hall–Kier alpha value is -4.11. The second-order valence-electron chi connectivity index (χ2n) is 8.08. The zero-order valence-corrected chi connectivity index (χ0v) is 21.1. The summed E-state index contributed by atoms with van der Waals surface area (Å²) in [5, 5.41) is 0. The zero-order chi connectivity index (χ0) is 26.2. The molecular formula is C28H30O9. The predicted octanol–water partition coefficient (Wildman–Crippen LogP) is 4.27. The lowest BCUT2D eigenvalue weighted by Crippen LogP contribution is -2.44. The molecule has 1 aliphatic heterocycles. The van der Waals surface area contributed by atoms with E-state index in [1.807, 2.05) is 36.4 Å². The Balaban J connectivity index is 1.67. The Morgan fingerprint density at radius 3 is 1.59 bits per heavy atom. The lowest BCUT2D eigenvalue weighted by atomic mass is 10.1. The summed E-state index contributed by atoms with van der Waals surface area (Å²) in [5.41, 5.74) is 0. The van der Waals surface area contributed by atoms with Gasteiger partial charge in [-0.2, -0.15) is 0 Å². The van der Waals surface area contributed by atoms with E-state index in [-0.39, 0.29) is 6.61 Å². The van der Waals surface area contributed by atoms with Crippen LogP contribution in [0.1, 0.15) is 6.92 Å². The number of hydrogen-bond donors (Lipinski definition) is 0. The van der Waals surface area contributed by atoms with Crippen molar-refractivity contribution in [1.29, 1.82) is 0 Å². The molecule has 0 N–H and O–H groups in total. The van der Waals surface area contributed by atoms with Gasteiger partial charge in [0, 0.05) is 6.92 Å². The van der Waals surface area contributed by atoms with E-state index in [1.54, 1.807) is 57.7 Å². The highest BCUT2D eigenvalue weighted by molar-refractivity contribution is 5.66. The van der Waals surface area contributed by atoms with Gasteiger partial charge in [0.25, 0.3) is 0 Å². The summed E-state index contributed by atoms with van der Waals surface area (Å²) < 4.78 is 46.7. The Labute approximate surface area is 215 Å². The molecule has 37 heavy (non-hydrogen) atoms. The van der Waals surface area contributed by atoms with Crippen molar-refractivity contribution >= 4 is 5.97 Å². The fourth-order valence-corrected chi connectivity index (χ4v) is 3.99. The van der Waals surface area contributed by atoms with Gasteiger partial charge in [0.05, 0.1) is 21.3 Å². The maximum atomic E-state index is 12.0. The minimum atomic E-state index is -1.08. The van der Waals surface area contributed by atoms with E-state index in [4.69, 9.17) is 37.9 Å². The summed E-state index contributed by atoms with van der Waals surface area (Å²) >= 11 is 0. The minimum Gasteiger partial charge on any atom is -0.493 e. The summed E-state index contributed by atoms with van der Waals surface area (Å²) in [4.78, 5) is 12.0. The van der Waals surface area contributed by atoms with Gasteiger partial charge in [0.2, 0.25) is 12.4 Å². The largest absolute Gasteiger partial charge is 0.493 e. The van der Waals surface area contributed by atoms with Crippen LogP contribution < -0.4 is 28.4 Å². The molecule has 3 aromatic rings. The molecule has 0 aliphatic carbocycles. The average Bonchev–Trinajstić information content (AvgIpc) is 3.22. The van der Waals surface area contributed by atoms with E-state index in [0.717, 1.165) is 0 Å². The monoisotopic (exact) mass is 510 g/mol. The minimum absolute atomic E-state index is 0.0593. The second-order valence-corrected chi connectivity index (χ2v) is 8.08. The molecule has 1 fully saturated rings. The molecule has 1 heterocycles. The standard InChI is InChI=1S/C28H30O9/c1-18(29)34-28-27(36-24-16-10-7-13-21(24)32-4)26(35-23-15-9-6-12-20(23)31-3)25(37-28)17-33-22-14-8-5-11-19(22)30-2/h5-16,25-28H,17H2,1-4H3/t25-,26-,27-,28-/m1/s1. The molecule has 0 unspecified atom stereocenters. The van der Waals surface area contributed by atoms with Crippen LogP contribution in [0.4, 0.5) is 0 Å². The summed E-state index contributed by atoms with van der Waals surface area (Å²) in [5.74, 6) is 2.52. The quantitative estimate of drug-likeness (QED) is 0.351. The molecule has 0 spiro atoms. The number of esters is 1. The van der Waals surface area contributed by atoms with Crippen molar-refractivity contribution < 1.29 is 42.7 Å². The molecule has 0 amide bonds. The smallest absolute Gasteiger partial charge is 0.305 e. The van der Waals surface area contributed by atoms with E-state index in [0.29, 0.717) is 34.5 Å². The number of benzene rings is 3. The van der Waals surface area contributed by atoms with Crippen LogP contribution in [0, 0.1) is 0 Å². The normalized spacial score (nSPS) is 20.5. The first-order valence-corrected chi connectivity index (χ1v) is 11.7. The predicted molar refractivity (Wildman–Crippen MR) is 134 cm³/mol. The molecule has 4 atom stereocenters. The van der Waals surface area contributed by atoms with Crippen LogP contribution in [-0.2, 0) is 14.3 Å². The number of ether oxygens (including phenoxy) is 8. The Morgan fingerprint density at radius 1 is 0.676 bits per heavy atom. The van der Waals surface area contributed by atoms with Gasteiger partial charge in [0.15, 0.2) is 40.6 Å². The molecule has 4 rings (SSSR count). The molecule has 0 saturated carbocycles. The third-order valence-corrected chi connectivity index (χ3v) is 5.69. The Bertz CT molecular complexity index is 1180. The van der Waals surface area contributed by atoms with Gasteiger partial charge in [-0.15, -0.1) is 0 Å². The number of hydrogen-bond acceptors (Lipinski definition) is 9. The number of rotatable bonds is 11. The summed E-state index contributed by atoms with van der Waals surface area (Å²) in [6.45, 7) is 1.36. The molecule has 0 bridgehead atoms. The van der Waals surface area contributed by atoms with Gasteiger partial charge in [-0.25, -0.2) is 0 Å². The number of carbonyl (C=O) groups is 1. The number of carbonyl (C=O) groups excluding carboxylic acids is 1. The van der Waals surface area contributed by atoms with Crippen LogP contribution in [0.3, 0.4) is 0 Å². The summed E-state index contributed by atoms with van der Waals surface area (Å²) in [6, 6.07) is 21.6. The van der Waals surface area contributed by atoms with E-state index < -0.39 is 30.6 Å². The Morgan fingerprint density at radius 2 is 1.11 bits per heavy atom. The van der Waals surface area contributed by atoms with E-state index >= 15 is 0 Å². The van der Waals surface area contributed by atoms with Gasteiger partial charge in [-0.3, -0.25) is 4.79 Å². The topological polar surface area (TPSA) is 90.9 Å². The average molecular weight is 511 g/mol. The zero-order valence-electron chi connectivity index (χ0n) is 21.1. The number of para-hydroxylation sites is 6. The van der Waals surface area contributed by atoms with Crippen molar-refractivity contribution in [1.82, 2.24) is 0 Å². The molecule has 1 aliphatic rings. The van der Waals surface area contributed by atoms with E-state index in [2.05, 4.69) is 0 Å². The molecule has 1 saturated heterocycles. The highest BCUT2D eigenvalue weighted by Gasteiger charge is 2.51. The van der Waals surface area contributed by atoms with Crippen molar-refractivity contribution in [2.75, 3.05) is 27.9 Å².